The van der Waals surface area contributed by atoms with Crippen LogP contribution in [0.25, 0.3) is 11.4 Å². The van der Waals surface area contributed by atoms with Crippen LogP contribution in [0, 0.1) is 5.92 Å². The monoisotopic (exact) mass is 394 g/mol. The molecule has 2 nitrogen and oxygen atoms in total. The summed E-state index contributed by atoms with van der Waals surface area (Å²) in [4.78, 5) is 9.22. The molecule has 0 fully saturated rings. The Morgan fingerprint density at radius 1 is 0.655 bits per heavy atom. The van der Waals surface area contributed by atoms with E-state index in [1.807, 2.05) is 12.4 Å². The average molecular weight is 395 g/mol. The number of benzene rings is 1. The maximum Gasteiger partial charge on any atom is 0.159 e. The lowest BCUT2D eigenvalue weighted by Crippen LogP contribution is -1.94. The second-order valence-electron chi connectivity index (χ2n) is 8.98. The first-order valence-corrected chi connectivity index (χ1v) is 12.1. The average Bonchev–Trinajstić information content (AvgIpc) is 2.74. The molecule has 0 atom stereocenters. The second kappa shape index (κ2) is 14.3. The van der Waals surface area contributed by atoms with E-state index >= 15 is 0 Å². The zero-order chi connectivity index (χ0) is 20.7. The van der Waals surface area contributed by atoms with Crippen LogP contribution < -0.4 is 0 Å². The SMILES string of the molecule is CCCCCCc1ccc(-c2ncc(CCCCCCCCC(C)C)cn2)cc1. The Labute approximate surface area is 179 Å². The third-order valence-electron chi connectivity index (χ3n) is 5.73. The van der Waals surface area contributed by atoms with E-state index in [1.54, 1.807) is 0 Å². The van der Waals surface area contributed by atoms with E-state index < -0.39 is 0 Å². The highest BCUT2D eigenvalue weighted by Gasteiger charge is 2.03. The van der Waals surface area contributed by atoms with E-state index in [-0.39, 0.29) is 0 Å². The summed E-state index contributed by atoms with van der Waals surface area (Å²) in [5.41, 5.74) is 3.81. The van der Waals surface area contributed by atoms with Crippen LogP contribution in [0.5, 0.6) is 0 Å². The molecule has 0 radical (unpaired) electrons. The van der Waals surface area contributed by atoms with Gasteiger partial charge in [0.25, 0.3) is 0 Å². The minimum absolute atomic E-state index is 0.844. The molecule has 1 heterocycles. The molecule has 2 aromatic rings. The molecule has 2 rings (SSSR count). The van der Waals surface area contributed by atoms with Crippen LogP contribution in [0.2, 0.25) is 0 Å². The van der Waals surface area contributed by atoms with Gasteiger partial charge in [-0.1, -0.05) is 103 Å². The normalized spacial score (nSPS) is 11.3. The number of hydrogen-bond donors (Lipinski definition) is 0. The van der Waals surface area contributed by atoms with Gasteiger partial charge >= 0.3 is 0 Å². The molecular weight excluding hydrogens is 352 g/mol. The number of nitrogens with zero attached hydrogens (tertiary/aromatic N) is 2. The summed E-state index contributed by atoms with van der Waals surface area (Å²) in [7, 11) is 0. The van der Waals surface area contributed by atoms with Crippen molar-refractivity contribution in [1.82, 2.24) is 9.97 Å². The Balaban J connectivity index is 1.66. The van der Waals surface area contributed by atoms with Crippen molar-refractivity contribution in [3.8, 4) is 11.4 Å². The molecule has 0 aliphatic rings. The van der Waals surface area contributed by atoms with Crippen LogP contribution in [-0.4, -0.2) is 9.97 Å². The summed E-state index contributed by atoms with van der Waals surface area (Å²) < 4.78 is 0. The van der Waals surface area contributed by atoms with Crippen molar-refractivity contribution < 1.29 is 0 Å². The Morgan fingerprint density at radius 3 is 1.83 bits per heavy atom. The fourth-order valence-corrected chi connectivity index (χ4v) is 3.80. The van der Waals surface area contributed by atoms with Gasteiger partial charge in [0.1, 0.15) is 0 Å². The number of aryl methyl sites for hydroxylation is 2. The molecule has 29 heavy (non-hydrogen) atoms. The van der Waals surface area contributed by atoms with Crippen molar-refractivity contribution in [3.63, 3.8) is 0 Å². The van der Waals surface area contributed by atoms with Crippen molar-refractivity contribution in [2.45, 2.75) is 104 Å². The molecule has 1 aromatic heterocycles. The summed E-state index contributed by atoms with van der Waals surface area (Å²) in [6.45, 7) is 6.89. The van der Waals surface area contributed by atoms with E-state index in [4.69, 9.17) is 0 Å². The smallest absolute Gasteiger partial charge is 0.159 e. The third kappa shape index (κ3) is 10.1. The van der Waals surface area contributed by atoms with E-state index in [0.29, 0.717) is 0 Å². The van der Waals surface area contributed by atoms with Gasteiger partial charge in [0.15, 0.2) is 5.82 Å². The van der Waals surface area contributed by atoms with E-state index in [2.05, 4.69) is 55.0 Å². The molecule has 0 bridgehead atoms. The maximum absolute atomic E-state index is 4.61. The lowest BCUT2D eigenvalue weighted by atomic mass is 10.0. The van der Waals surface area contributed by atoms with Crippen LogP contribution in [0.3, 0.4) is 0 Å². The van der Waals surface area contributed by atoms with Crippen LogP contribution in [0.1, 0.15) is 103 Å². The minimum atomic E-state index is 0.844. The van der Waals surface area contributed by atoms with Gasteiger partial charge in [-0.3, -0.25) is 0 Å². The quantitative estimate of drug-likeness (QED) is 0.284. The first-order valence-electron chi connectivity index (χ1n) is 12.1. The number of unbranched alkanes of at least 4 members (excludes halogenated alkanes) is 8. The highest BCUT2D eigenvalue weighted by Crippen LogP contribution is 2.18. The molecule has 0 aliphatic carbocycles. The highest BCUT2D eigenvalue weighted by atomic mass is 14.9. The second-order valence-corrected chi connectivity index (χ2v) is 8.98. The van der Waals surface area contributed by atoms with Crippen LogP contribution in [-0.2, 0) is 12.8 Å². The fraction of sp³-hybridized carbons (Fsp3) is 0.630. The van der Waals surface area contributed by atoms with Crippen molar-refractivity contribution >= 4 is 0 Å². The molecule has 0 saturated heterocycles. The Morgan fingerprint density at radius 2 is 1.21 bits per heavy atom. The summed E-state index contributed by atoms with van der Waals surface area (Å²) in [5.74, 6) is 1.70. The van der Waals surface area contributed by atoms with Gasteiger partial charge in [0, 0.05) is 18.0 Å². The van der Waals surface area contributed by atoms with Crippen molar-refractivity contribution in [2.24, 2.45) is 5.92 Å². The molecule has 0 saturated carbocycles. The standard InChI is InChI=1S/C27H42N2/c1-4-5-6-12-15-24-17-19-26(20-18-24)27-28-21-25(22-29-27)16-13-10-8-7-9-11-14-23(2)3/h17-23H,4-16H2,1-3H3. The first-order chi connectivity index (χ1) is 14.2. The molecule has 0 unspecified atom stereocenters. The summed E-state index contributed by atoms with van der Waals surface area (Å²) in [6.07, 6.45) is 21.1. The van der Waals surface area contributed by atoms with Crippen molar-refractivity contribution in [3.05, 3.63) is 47.8 Å². The molecule has 0 amide bonds. The van der Waals surface area contributed by atoms with Gasteiger partial charge in [-0.15, -0.1) is 0 Å². The van der Waals surface area contributed by atoms with E-state index in [9.17, 15) is 0 Å². The summed E-state index contributed by atoms with van der Waals surface area (Å²) in [6, 6.07) is 8.81. The largest absolute Gasteiger partial charge is 0.236 e. The lowest BCUT2D eigenvalue weighted by Gasteiger charge is -2.06. The summed E-state index contributed by atoms with van der Waals surface area (Å²) >= 11 is 0. The molecule has 0 N–H and O–H groups in total. The molecule has 0 spiro atoms. The molecule has 160 valence electrons. The van der Waals surface area contributed by atoms with Gasteiger partial charge in [-0.25, -0.2) is 9.97 Å². The molecule has 1 aromatic carbocycles. The van der Waals surface area contributed by atoms with Crippen molar-refractivity contribution in [1.29, 1.82) is 0 Å². The van der Waals surface area contributed by atoms with Gasteiger partial charge in [-0.05, 0) is 42.7 Å². The summed E-state index contributed by atoms with van der Waals surface area (Å²) in [5, 5.41) is 0. The minimum Gasteiger partial charge on any atom is -0.236 e. The number of hydrogen-bond acceptors (Lipinski definition) is 2. The third-order valence-corrected chi connectivity index (χ3v) is 5.73. The highest BCUT2D eigenvalue weighted by molar-refractivity contribution is 5.55. The van der Waals surface area contributed by atoms with Crippen LogP contribution in [0.15, 0.2) is 36.7 Å². The Hall–Kier alpha value is -1.70. The zero-order valence-corrected chi connectivity index (χ0v) is 19.1. The lowest BCUT2D eigenvalue weighted by molar-refractivity contribution is 0.511. The van der Waals surface area contributed by atoms with Crippen LogP contribution >= 0.6 is 0 Å². The first kappa shape index (κ1) is 23.6. The molecule has 2 heteroatoms. The Bertz CT molecular complexity index is 643. The zero-order valence-electron chi connectivity index (χ0n) is 19.1. The Kier molecular flexibility index (Phi) is 11.6. The van der Waals surface area contributed by atoms with Crippen molar-refractivity contribution in [2.75, 3.05) is 0 Å². The van der Waals surface area contributed by atoms with E-state index in [1.165, 1.54) is 88.2 Å². The predicted molar refractivity (Wildman–Crippen MR) is 126 cm³/mol. The van der Waals surface area contributed by atoms with Crippen LogP contribution in [0.4, 0.5) is 0 Å². The van der Waals surface area contributed by atoms with Gasteiger partial charge in [0.05, 0.1) is 0 Å². The number of aromatic nitrogens is 2. The maximum atomic E-state index is 4.61. The molecular formula is C27H42N2. The fourth-order valence-electron chi connectivity index (χ4n) is 3.80. The van der Waals surface area contributed by atoms with Gasteiger partial charge in [0.2, 0.25) is 0 Å². The topological polar surface area (TPSA) is 25.8 Å². The molecule has 0 aliphatic heterocycles. The van der Waals surface area contributed by atoms with E-state index in [0.717, 1.165) is 23.7 Å². The van der Waals surface area contributed by atoms with Gasteiger partial charge in [-0.2, -0.15) is 0 Å². The van der Waals surface area contributed by atoms with Gasteiger partial charge < -0.3 is 0 Å². The number of rotatable bonds is 15. The predicted octanol–water partition coefficient (Wildman–Crippen LogP) is 8.20.